The van der Waals surface area contributed by atoms with E-state index in [0.29, 0.717) is 6.54 Å². The molecule has 1 aromatic carbocycles. The Hall–Kier alpha value is -2.47. The Morgan fingerprint density at radius 2 is 2.00 bits per heavy atom. The summed E-state index contributed by atoms with van der Waals surface area (Å²) in [7, 11) is 0. The van der Waals surface area contributed by atoms with Gasteiger partial charge >= 0.3 is 0 Å². The van der Waals surface area contributed by atoms with Crippen molar-refractivity contribution in [1.82, 2.24) is 14.4 Å². The standard InChI is InChI=1S/C16H15FN4O/c17-12-3-1-11(2-4-12)14-9-19-16-15(18-6-8-21(14)16)20-7-5-13(22)10-20/h1-4,6,8-9,13,22H,5,7,10H2. The van der Waals surface area contributed by atoms with Crippen LogP contribution in [0.5, 0.6) is 0 Å². The van der Waals surface area contributed by atoms with E-state index < -0.39 is 0 Å². The molecule has 5 nitrogen and oxygen atoms in total. The van der Waals surface area contributed by atoms with E-state index in [9.17, 15) is 9.50 Å². The number of fused-ring (bicyclic) bond motifs is 1. The molecule has 3 heterocycles. The monoisotopic (exact) mass is 298 g/mol. The van der Waals surface area contributed by atoms with Crippen molar-refractivity contribution < 1.29 is 9.50 Å². The fraction of sp³-hybridized carbons (Fsp3) is 0.250. The molecule has 4 rings (SSSR count). The molecule has 22 heavy (non-hydrogen) atoms. The Bertz CT molecular complexity index is 815. The molecule has 1 unspecified atom stereocenters. The smallest absolute Gasteiger partial charge is 0.180 e. The largest absolute Gasteiger partial charge is 0.391 e. The van der Waals surface area contributed by atoms with Gasteiger partial charge in [-0.3, -0.25) is 4.40 Å². The molecule has 1 saturated heterocycles. The number of hydrogen-bond donors (Lipinski definition) is 1. The third-order valence-electron chi connectivity index (χ3n) is 4.01. The zero-order chi connectivity index (χ0) is 15.1. The van der Waals surface area contributed by atoms with E-state index in [1.54, 1.807) is 24.5 Å². The van der Waals surface area contributed by atoms with Gasteiger partial charge in [0.25, 0.3) is 0 Å². The lowest BCUT2D eigenvalue weighted by molar-refractivity contribution is 0.198. The summed E-state index contributed by atoms with van der Waals surface area (Å²) in [5, 5.41) is 9.71. The minimum absolute atomic E-state index is 0.258. The number of rotatable bonds is 2. The fourth-order valence-electron chi connectivity index (χ4n) is 2.90. The third kappa shape index (κ3) is 2.12. The van der Waals surface area contributed by atoms with Crippen LogP contribution in [0.3, 0.4) is 0 Å². The average molecular weight is 298 g/mol. The van der Waals surface area contributed by atoms with Gasteiger partial charge in [-0.15, -0.1) is 0 Å². The number of benzene rings is 1. The van der Waals surface area contributed by atoms with E-state index in [2.05, 4.69) is 9.97 Å². The molecule has 1 aliphatic rings. The van der Waals surface area contributed by atoms with Gasteiger partial charge in [-0.05, 0) is 30.7 Å². The number of hydrogen-bond acceptors (Lipinski definition) is 4. The van der Waals surface area contributed by atoms with E-state index in [1.807, 2.05) is 15.5 Å². The van der Waals surface area contributed by atoms with Gasteiger partial charge in [0.05, 0.1) is 18.0 Å². The summed E-state index contributed by atoms with van der Waals surface area (Å²) in [4.78, 5) is 10.9. The number of β-amino-alcohol motifs (C(OH)–C–C–N with tert-alkyl or cyclic N) is 1. The molecule has 1 fully saturated rings. The molecule has 1 N–H and O–H groups in total. The molecule has 0 amide bonds. The van der Waals surface area contributed by atoms with Gasteiger partial charge in [0.2, 0.25) is 0 Å². The summed E-state index contributed by atoms with van der Waals surface area (Å²) in [6, 6.07) is 6.35. The molecule has 0 saturated carbocycles. The van der Waals surface area contributed by atoms with Gasteiger partial charge in [-0.25, -0.2) is 14.4 Å². The van der Waals surface area contributed by atoms with Gasteiger partial charge in [0.1, 0.15) is 5.82 Å². The molecular weight excluding hydrogens is 283 g/mol. The number of imidazole rings is 1. The van der Waals surface area contributed by atoms with Crippen LogP contribution in [0.2, 0.25) is 0 Å². The summed E-state index contributed by atoms with van der Waals surface area (Å²) in [5.41, 5.74) is 2.53. The first-order valence-corrected chi connectivity index (χ1v) is 7.23. The van der Waals surface area contributed by atoms with Crippen LogP contribution < -0.4 is 4.90 Å². The van der Waals surface area contributed by atoms with Crippen molar-refractivity contribution in [3.05, 3.63) is 48.7 Å². The second kappa shape index (κ2) is 5.06. The van der Waals surface area contributed by atoms with Gasteiger partial charge in [0, 0.05) is 31.0 Å². The first-order chi connectivity index (χ1) is 10.7. The molecule has 1 atom stereocenters. The molecular formula is C16H15FN4O. The maximum atomic E-state index is 13.1. The lowest BCUT2D eigenvalue weighted by Crippen LogP contribution is -2.23. The van der Waals surface area contributed by atoms with Crippen LogP contribution in [-0.2, 0) is 0 Å². The summed E-state index contributed by atoms with van der Waals surface area (Å²) in [6.45, 7) is 1.35. The zero-order valence-corrected chi connectivity index (χ0v) is 11.9. The van der Waals surface area contributed by atoms with E-state index in [-0.39, 0.29) is 11.9 Å². The Balaban J connectivity index is 1.81. The van der Waals surface area contributed by atoms with Crippen molar-refractivity contribution in [2.24, 2.45) is 0 Å². The van der Waals surface area contributed by atoms with Crippen molar-refractivity contribution in [3.63, 3.8) is 0 Å². The van der Waals surface area contributed by atoms with Gasteiger partial charge in [-0.2, -0.15) is 0 Å². The third-order valence-corrected chi connectivity index (χ3v) is 4.01. The topological polar surface area (TPSA) is 53.7 Å². The van der Waals surface area contributed by atoms with Crippen LogP contribution >= 0.6 is 0 Å². The maximum absolute atomic E-state index is 13.1. The molecule has 0 bridgehead atoms. The Morgan fingerprint density at radius 1 is 1.18 bits per heavy atom. The van der Waals surface area contributed by atoms with Crippen LogP contribution in [-0.4, -0.2) is 38.7 Å². The Morgan fingerprint density at radius 3 is 2.73 bits per heavy atom. The molecule has 0 spiro atoms. The normalized spacial score (nSPS) is 18.3. The summed E-state index contributed by atoms with van der Waals surface area (Å²) < 4.78 is 15.0. The van der Waals surface area contributed by atoms with Crippen LogP contribution in [0.1, 0.15) is 6.42 Å². The summed E-state index contributed by atoms with van der Waals surface area (Å²) in [6.07, 6.45) is 5.77. The molecule has 1 aliphatic heterocycles. The first kappa shape index (κ1) is 13.2. The predicted molar refractivity (Wildman–Crippen MR) is 81.2 cm³/mol. The number of aliphatic hydroxyl groups is 1. The van der Waals surface area contributed by atoms with E-state index in [0.717, 1.165) is 35.7 Å². The maximum Gasteiger partial charge on any atom is 0.180 e. The SMILES string of the molecule is OC1CCN(c2nccn3c(-c4ccc(F)cc4)cnc23)C1. The minimum Gasteiger partial charge on any atom is -0.391 e. The Kier molecular flexibility index (Phi) is 3.04. The number of aromatic nitrogens is 3. The molecule has 112 valence electrons. The first-order valence-electron chi connectivity index (χ1n) is 7.23. The second-order valence-corrected chi connectivity index (χ2v) is 5.48. The highest BCUT2D eigenvalue weighted by atomic mass is 19.1. The highest BCUT2D eigenvalue weighted by Gasteiger charge is 2.24. The average Bonchev–Trinajstić information content (AvgIpc) is 3.14. The van der Waals surface area contributed by atoms with Gasteiger partial charge < -0.3 is 10.0 Å². The lowest BCUT2D eigenvalue weighted by Gasteiger charge is -2.17. The molecule has 2 aromatic heterocycles. The molecule has 0 aliphatic carbocycles. The summed E-state index contributed by atoms with van der Waals surface area (Å²) in [5.74, 6) is 0.512. The van der Waals surface area contributed by atoms with Crippen LogP contribution in [0.15, 0.2) is 42.9 Å². The second-order valence-electron chi connectivity index (χ2n) is 5.48. The van der Waals surface area contributed by atoms with Crippen LogP contribution in [0.4, 0.5) is 10.2 Å². The zero-order valence-electron chi connectivity index (χ0n) is 11.9. The quantitative estimate of drug-likeness (QED) is 0.787. The molecule has 6 heteroatoms. The van der Waals surface area contributed by atoms with Gasteiger partial charge in [-0.1, -0.05) is 0 Å². The summed E-state index contributed by atoms with van der Waals surface area (Å²) >= 11 is 0. The molecule has 0 radical (unpaired) electrons. The highest BCUT2D eigenvalue weighted by Crippen LogP contribution is 2.27. The van der Waals surface area contributed by atoms with Crippen molar-refractivity contribution in [1.29, 1.82) is 0 Å². The van der Waals surface area contributed by atoms with E-state index >= 15 is 0 Å². The molecule has 3 aromatic rings. The van der Waals surface area contributed by atoms with E-state index in [4.69, 9.17) is 0 Å². The Labute approximate surface area is 126 Å². The van der Waals surface area contributed by atoms with E-state index in [1.165, 1.54) is 12.1 Å². The van der Waals surface area contributed by atoms with Crippen LogP contribution in [0, 0.1) is 5.82 Å². The van der Waals surface area contributed by atoms with Crippen LogP contribution in [0.25, 0.3) is 16.9 Å². The fourth-order valence-corrected chi connectivity index (χ4v) is 2.90. The number of anilines is 1. The van der Waals surface area contributed by atoms with Crippen molar-refractivity contribution >= 4 is 11.5 Å². The van der Waals surface area contributed by atoms with Crippen molar-refractivity contribution in [2.45, 2.75) is 12.5 Å². The van der Waals surface area contributed by atoms with Crippen molar-refractivity contribution in [3.8, 4) is 11.3 Å². The number of aliphatic hydroxyl groups excluding tert-OH is 1. The number of halogens is 1. The lowest BCUT2D eigenvalue weighted by atomic mass is 10.2. The number of nitrogens with zero attached hydrogens (tertiary/aromatic N) is 4. The predicted octanol–water partition coefficient (Wildman–Crippen LogP) is 2.11. The highest BCUT2D eigenvalue weighted by molar-refractivity contribution is 5.71. The van der Waals surface area contributed by atoms with Crippen molar-refractivity contribution in [2.75, 3.05) is 18.0 Å². The minimum atomic E-state index is -0.311. The van der Waals surface area contributed by atoms with Gasteiger partial charge in [0.15, 0.2) is 11.5 Å².